The molecule has 0 spiro atoms. The summed E-state index contributed by atoms with van der Waals surface area (Å²) in [6, 6.07) is 93.8. The molecule has 0 aliphatic carbocycles. The van der Waals surface area contributed by atoms with E-state index in [0.717, 1.165) is 44.6 Å². The SMILES string of the molecule is c1ccc(-c2ccc(-c3ccc(N(c4ccc(-c5ccc(-c6ccc7oc8ccccc8c7c6)cc5)cc4)c4ccc(-c5ccc(-c6ccccc6)c6ccccc56)cc4)cc3)cc2)cc1. The third-order valence-electron chi connectivity index (χ3n) is 13.0. The smallest absolute Gasteiger partial charge is 0.135 e. The molecule has 0 bridgehead atoms. The molecule has 0 aliphatic rings. The first-order valence-electron chi connectivity index (χ1n) is 22.6. The average molecular weight is 842 g/mol. The Morgan fingerprint density at radius 3 is 1.02 bits per heavy atom. The van der Waals surface area contributed by atoms with E-state index in [-0.39, 0.29) is 0 Å². The van der Waals surface area contributed by atoms with Gasteiger partial charge in [0.25, 0.3) is 0 Å². The Morgan fingerprint density at radius 2 is 0.530 bits per heavy atom. The van der Waals surface area contributed by atoms with Gasteiger partial charge in [-0.2, -0.15) is 0 Å². The van der Waals surface area contributed by atoms with Gasteiger partial charge in [0.05, 0.1) is 0 Å². The topological polar surface area (TPSA) is 16.4 Å². The van der Waals surface area contributed by atoms with Crippen LogP contribution in [0.15, 0.2) is 265 Å². The van der Waals surface area contributed by atoms with Crippen LogP contribution in [0, 0.1) is 0 Å². The number of fused-ring (bicyclic) bond motifs is 4. The highest BCUT2D eigenvalue weighted by Gasteiger charge is 2.16. The van der Waals surface area contributed by atoms with Crippen LogP contribution in [0.3, 0.4) is 0 Å². The molecule has 0 amide bonds. The van der Waals surface area contributed by atoms with Crippen molar-refractivity contribution in [2.24, 2.45) is 0 Å². The quantitative estimate of drug-likeness (QED) is 0.144. The fraction of sp³-hybridized carbons (Fsp3) is 0. The van der Waals surface area contributed by atoms with E-state index in [1.165, 1.54) is 72.0 Å². The summed E-state index contributed by atoms with van der Waals surface area (Å²) in [5, 5.41) is 4.77. The maximum Gasteiger partial charge on any atom is 0.135 e. The Labute approximate surface area is 384 Å². The van der Waals surface area contributed by atoms with Gasteiger partial charge in [-0.15, -0.1) is 0 Å². The van der Waals surface area contributed by atoms with Crippen LogP contribution in [0.25, 0.3) is 99.5 Å². The molecule has 0 atom stereocenters. The number of nitrogens with zero attached hydrogens (tertiary/aromatic N) is 1. The lowest BCUT2D eigenvalue weighted by Crippen LogP contribution is -2.09. The van der Waals surface area contributed by atoms with Crippen molar-refractivity contribution in [2.75, 3.05) is 4.90 Å². The van der Waals surface area contributed by atoms with Gasteiger partial charge in [-0.1, -0.05) is 206 Å². The molecule has 1 heterocycles. The summed E-state index contributed by atoms with van der Waals surface area (Å²) < 4.78 is 6.09. The number of anilines is 3. The second-order valence-corrected chi connectivity index (χ2v) is 16.9. The summed E-state index contributed by atoms with van der Waals surface area (Å²) in [4.78, 5) is 2.35. The van der Waals surface area contributed by atoms with Crippen molar-refractivity contribution in [2.45, 2.75) is 0 Å². The Balaban J connectivity index is 0.870. The van der Waals surface area contributed by atoms with E-state index in [2.05, 4.69) is 254 Å². The number of benzene rings is 11. The molecule has 0 saturated heterocycles. The highest BCUT2D eigenvalue weighted by molar-refractivity contribution is 6.07. The molecule has 66 heavy (non-hydrogen) atoms. The summed E-state index contributed by atoms with van der Waals surface area (Å²) in [6.07, 6.45) is 0. The van der Waals surface area contributed by atoms with Crippen LogP contribution in [0.5, 0.6) is 0 Å². The molecule has 0 N–H and O–H groups in total. The normalized spacial score (nSPS) is 11.3. The lowest BCUT2D eigenvalue weighted by Gasteiger charge is -2.26. The predicted octanol–water partition coefficient (Wildman–Crippen LogP) is 18.2. The van der Waals surface area contributed by atoms with E-state index in [0.29, 0.717) is 0 Å². The monoisotopic (exact) mass is 841 g/mol. The maximum absolute atomic E-state index is 6.09. The van der Waals surface area contributed by atoms with Crippen LogP contribution >= 0.6 is 0 Å². The van der Waals surface area contributed by atoms with E-state index < -0.39 is 0 Å². The zero-order chi connectivity index (χ0) is 43.8. The fourth-order valence-electron chi connectivity index (χ4n) is 9.51. The molecule has 2 heteroatoms. The first kappa shape index (κ1) is 38.9. The number of furan rings is 1. The molecule has 2 nitrogen and oxygen atoms in total. The summed E-state index contributed by atoms with van der Waals surface area (Å²) in [6.45, 7) is 0. The third-order valence-corrected chi connectivity index (χ3v) is 13.0. The van der Waals surface area contributed by atoms with Crippen molar-refractivity contribution >= 4 is 49.8 Å². The fourth-order valence-corrected chi connectivity index (χ4v) is 9.51. The van der Waals surface area contributed by atoms with E-state index in [9.17, 15) is 0 Å². The molecule has 12 aromatic rings. The van der Waals surface area contributed by atoms with E-state index in [4.69, 9.17) is 4.42 Å². The number of hydrogen-bond donors (Lipinski definition) is 0. The number of rotatable bonds is 9. The molecular weight excluding hydrogens is 799 g/mol. The van der Waals surface area contributed by atoms with Gasteiger partial charge in [0.2, 0.25) is 0 Å². The van der Waals surface area contributed by atoms with E-state index >= 15 is 0 Å². The van der Waals surface area contributed by atoms with Gasteiger partial charge in [-0.05, 0) is 132 Å². The Bertz CT molecular complexity index is 3630. The van der Waals surface area contributed by atoms with Crippen molar-refractivity contribution in [3.8, 4) is 66.8 Å². The number of para-hydroxylation sites is 1. The first-order valence-corrected chi connectivity index (χ1v) is 22.6. The zero-order valence-corrected chi connectivity index (χ0v) is 36.2. The highest BCUT2D eigenvalue weighted by Crippen LogP contribution is 2.41. The summed E-state index contributed by atoms with van der Waals surface area (Å²) in [5.41, 5.74) is 19.4. The minimum Gasteiger partial charge on any atom is -0.456 e. The Kier molecular flexibility index (Phi) is 9.89. The standard InChI is InChI=1S/C64H43NO/c1-3-11-44(12-4-1)45-19-21-46(22-20-45)48-27-34-54(35-28-48)65(56-38-31-52(32-39-56)58-41-40-57(51-13-5-2-6-14-51)59-15-7-8-16-60(58)59)55-36-29-49(30-37-55)47-23-25-50(26-24-47)53-33-42-64-62(43-53)61-17-9-10-18-63(61)66-64/h1-43H. The lowest BCUT2D eigenvalue weighted by atomic mass is 9.92. The van der Waals surface area contributed by atoms with Gasteiger partial charge in [-0.25, -0.2) is 0 Å². The summed E-state index contributed by atoms with van der Waals surface area (Å²) in [7, 11) is 0. The second kappa shape index (κ2) is 16.8. The van der Waals surface area contributed by atoms with Gasteiger partial charge in [0.1, 0.15) is 11.2 Å². The Hall–Kier alpha value is -8.72. The van der Waals surface area contributed by atoms with Gasteiger partial charge in [0, 0.05) is 27.8 Å². The molecule has 0 fully saturated rings. The van der Waals surface area contributed by atoms with Crippen LogP contribution in [0.2, 0.25) is 0 Å². The molecule has 12 rings (SSSR count). The van der Waals surface area contributed by atoms with Crippen LogP contribution < -0.4 is 4.90 Å². The Morgan fingerprint density at radius 1 is 0.212 bits per heavy atom. The van der Waals surface area contributed by atoms with Gasteiger partial charge in [0.15, 0.2) is 0 Å². The van der Waals surface area contributed by atoms with Crippen molar-refractivity contribution in [1.29, 1.82) is 0 Å². The molecule has 0 radical (unpaired) electrons. The summed E-state index contributed by atoms with van der Waals surface area (Å²) >= 11 is 0. The molecule has 310 valence electrons. The lowest BCUT2D eigenvalue weighted by molar-refractivity contribution is 0.669. The van der Waals surface area contributed by atoms with Crippen LogP contribution in [0.1, 0.15) is 0 Å². The molecule has 11 aromatic carbocycles. The van der Waals surface area contributed by atoms with Crippen molar-refractivity contribution in [3.63, 3.8) is 0 Å². The van der Waals surface area contributed by atoms with Crippen molar-refractivity contribution < 1.29 is 4.42 Å². The van der Waals surface area contributed by atoms with Crippen LogP contribution in [-0.4, -0.2) is 0 Å². The predicted molar refractivity (Wildman–Crippen MR) is 279 cm³/mol. The van der Waals surface area contributed by atoms with E-state index in [1.807, 2.05) is 12.1 Å². The maximum atomic E-state index is 6.09. The van der Waals surface area contributed by atoms with Gasteiger partial charge < -0.3 is 9.32 Å². The molecular formula is C64H43NO. The summed E-state index contributed by atoms with van der Waals surface area (Å²) in [5.74, 6) is 0. The van der Waals surface area contributed by atoms with Crippen LogP contribution in [0.4, 0.5) is 17.1 Å². The average Bonchev–Trinajstić information content (AvgIpc) is 3.78. The van der Waals surface area contributed by atoms with Gasteiger partial charge >= 0.3 is 0 Å². The van der Waals surface area contributed by atoms with Gasteiger partial charge in [-0.3, -0.25) is 0 Å². The van der Waals surface area contributed by atoms with Crippen LogP contribution in [-0.2, 0) is 0 Å². The van der Waals surface area contributed by atoms with Crippen molar-refractivity contribution in [1.82, 2.24) is 0 Å². The largest absolute Gasteiger partial charge is 0.456 e. The second-order valence-electron chi connectivity index (χ2n) is 16.9. The van der Waals surface area contributed by atoms with Crippen molar-refractivity contribution in [3.05, 3.63) is 261 Å². The third kappa shape index (κ3) is 7.31. The first-order chi connectivity index (χ1) is 32.7. The van der Waals surface area contributed by atoms with E-state index in [1.54, 1.807) is 0 Å². The highest BCUT2D eigenvalue weighted by atomic mass is 16.3. The number of hydrogen-bond acceptors (Lipinski definition) is 2. The minimum atomic E-state index is 0.911. The molecule has 0 saturated carbocycles. The minimum absolute atomic E-state index is 0.911. The molecule has 1 aromatic heterocycles. The molecule has 0 unspecified atom stereocenters. The zero-order valence-electron chi connectivity index (χ0n) is 36.2. The molecule has 0 aliphatic heterocycles.